The highest BCUT2D eigenvalue weighted by Crippen LogP contribution is 2.50. The van der Waals surface area contributed by atoms with Crippen LogP contribution in [0.5, 0.6) is 5.75 Å². The third-order valence-corrected chi connectivity index (χ3v) is 5.48. The predicted molar refractivity (Wildman–Crippen MR) is 102 cm³/mol. The van der Waals surface area contributed by atoms with E-state index in [4.69, 9.17) is 4.74 Å². The molecule has 6 nitrogen and oxygen atoms in total. The molecule has 3 rings (SSSR count). The predicted octanol–water partition coefficient (Wildman–Crippen LogP) is 3.48. The number of amides is 2. The molecule has 1 fully saturated rings. The van der Waals surface area contributed by atoms with Crippen molar-refractivity contribution >= 4 is 11.8 Å². The Morgan fingerprint density at radius 2 is 1.63 bits per heavy atom. The first-order valence-corrected chi connectivity index (χ1v) is 9.07. The summed E-state index contributed by atoms with van der Waals surface area (Å²) in [4.78, 5) is 27.2. The molecule has 3 atom stereocenters. The second-order valence-corrected chi connectivity index (χ2v) is 7.10. The third-order valence-electron chi connectivity index (χ3n) is 5.48. The highest BCUT2D eigenvalue weighted by atomic mass is 19.4. The summed E-state index contributed by atoms with van der Waals surface area (Å²) in [5, 5.41) is 10.9. The van der Waals surface area contributed by atoms with Gasteiger partial charge in [-0.1, -0.05) is 42.5 Å². The van der Waals surface area contributed by atoms with Gasteiger partial charge >= 0.3 is 12.2 Å². The van der Waals surface area contributed by atoms with Crippen LogP contribution in [0.25, 0.3) is 0 Å². The van der Waals surface area contributed by atoms with Crippen molar-refractivity contribution in [2.24, 2.45) is 5.92 Å². The second-order valence-electron chi connectivity index (χ2n) is 7.10. The number of halogens is 3. The van der Waals surface area contributed by atoms with Gasteiger partial charge in [-0.15, -0.1) is 0 Å². The van der Waals surface area contributed by atoms with Gasteiger partial charge < -0.3 is 14.7 Å². The van der Waals surface area contributed by atoms with Crippen LogP contribution in [0.4, 0.5) is 18.0 Å². The molecular weight excluding hydrogens is 401 g/mol. The summed E-state index contributed by atoms with van der Waals surface area (Å²) in [6.45, 7) is 0. The average Bonchev–Trinajstić information content (AvgIpc) is 2.74. The van der Waals surface area contributed by atoms with Gasteiger partial charge in [-0.25, -0.2) is 4.79 Å². The molecule has 0 bridgehead atoms. The molecule has 1 heterocycles. The van der Waals surface area contributed by atoms with Gasteiger partial charge in [-0.05, 0) is 17.7 Å². The van der Waals surface area contributed by atoms with Crippen molar-refractivity contribution < 1.29 is 32.6 Å². The van der Waals surface area contributed by atoms with E-state index in [1.807, 2.05) is 0 Å². The summed E-state index contributed by atoms with van der Waals surface area (Å²) in [5.41, 5.74) is -3.44. The second kappa shape index (κ2) is 7.64. The first-order valence-electron chi connectivity index (χ1n) is 9.07. The summed E-state index contributed by atoms with van der Waals surface area (Å²) >= 11 is 0. The number of Topliss-reactive ketones (excluding diaryl/α,β-unsaturated/α-hetero) is 1. The fourth-order valence-electron chi connectivity index (χ4n) is 3.85. The number of ketones is 1. The van der Waals surface area contributed by atoms with Crippen molar-refractivity contribution in [1.82, 2.24) is 9.80 Å². The van der Waals surface area contributed by atoms with E-state index in [0.717, 1.165) is 11.9 Å². The molecule has 9 heteroatoms. The molecule has 3 unspecified atom stereocenters. The highest BCUT2D eigenvalue weighted by molar-refractivity contribution is 6.00. The topological polar surface area (TPSA) is 70.1 Å². The first-order chi connectivity index (χ1) is 14.0. The molecule has 0 spiro atoms. The van der Waals surface area contributed by atoms with Gasteiger partial charge in [0.15, 0.2) is 5.78 Å². The Labute approximate surface area is 171 Å². The molecule has 1 aliphatic heterocycles. The van der Waals surface area contributed by atoms with Crippen molar-refractivity contribution in [3.8, 4) is 5.75 Å². The molecule has 160 valence electrons. The van der Waals surface area contributed by atoms with Gasteiger partial charge in [0.05, 0.1) is 13.2 Å². The van der Waals surface area contributed by atoms with Crippen molar-refractivity contribution in [1.29, 1.82) is 0 Å². The van der Waals surface area contributed by atoms with Gasteiger partial charge in [0.1, 0.15) is 11.7 Å². The molecule has 1 saturated heterocycles. The van der Waals surface area contributed by atoms with Crippen LogP contribution in [0.2, 0.25) is 0 Å². The fraction of sp³-hybridized carbons (Fsp3) is 0.333. The molecule has 2 aromatic rings. The quantitative estimate of drug-likeness (QED) is 0.766. The van der Waals surface area contributed by atoms with Crippen LogP contribution >= 0.6 is 0 Å². The molecule has 2 amide bonds. The number of hydrogen-bond acceptors (Lipinski definition) is 4. The van der Waals surface area contributed by atoms with Crippen LogP contribution in [0.1, 0.15) is 22.0 Å². The number of hydrogen-bond donors (Lipinski definition) is 1. The van der Waals surface area contributed by atoms with Crippen LogP contribution in [0.15, 0.2) is 54.6 Å². The number of aliphatic hydroxyl groups is 1. The van der Waals surface area contributed by atoms with Gasteiger partial charge in [0.2, 0.25) is 0 Å². The van der Waals surface area contributed by atoms with E-state index in [2.05, 4.69) is 0 Å². The molecule has 30 heavy (non-hydrogen) atoms. The molecule has 1 N–H and O–H groups in total. The summed E-state index contributed by atoms with van der Waals surface area (Å²) < 4.78 is 47.6. The molecule has 0 saturated carbocycles. The Hall–Kier alpha value is -3.07. The van der Waals surface area contributed by atoms with E-state index in [-0.39, 0.29) is 16.0 Å². The number of carbonyl (C=O) groups excluding carboxylic acids is 2. The van der Waals surface area contributed by atoms with Crippen molar-refractivity contribution in [3.05, 3.63) is 65.7 Å². The standard InChI is InChI=1S/C21H21F3N2O4/c1-25-17(13-9-11-15(30-3)12-10-13)16(18(27)14-7-5-4-6-8-14)20(29,21(22,23)24)26(2)19(25)28/h4-12,16-17,29H,1-3H3. The zero-order chi connectivity index (χ0) is 22.3. The maximum absolute atomic E-state index is 14.2. The van der Waals surface area contributed by atoms with Gasteiger partial charge in [0.25, 0.3) is 5.72 Å². The lowest BCUT2D eigenvalue weighted by atomic mass is 9.75. The first kappa shape index (κ1) is 21.6. The van der Waals surface area contributed by atoms with Crippen LogP contribution in [0.3, 0.4) is 0 Å². The Balaban J connectivity index is 2.24. The lowest BCUT2D eigenvalue weighted by molar-refractivity contribution is -0.328. The zero-order valence-corrected chi connectivity index (χ0v) is 16.6. The lowest BCUT2D eigenvalue weighted by Gasteiger charge is -2.53. The van der Waals surface area contributed by atoms with Gasteiger partial charge in [-0.3, -0.25) is 9.69 Å². The van der Waals surface area contributed by atoms with E-state index in [0.29, 0.717) is 5.75 Å². The lowest BCUT2D eigenvalue weighted by Crippen LogP contribution is -2.73. The summed E-state index contributed by atoms with van der Waals surface area (Å²) in [7, 11) is 3.57. The largest absolute Gasteiger partial charge is 0.497 e. The Morgan fingerprint density at radius 1 is 1.07 bits per heavy atom. The van der Waals surface area contributed by atoms with E-state index < -0.39 is 35.7 Å². The highest BCUT2D eigenvalue weighted by Gasteiger charge is 2.70. The van der Waals surface area contributed by atoms with Gasteiger partial charge in [0, 0.05) is 19.7 Å². The molecule has 0 radical (unpaired) electrons. The van der Waals surface area contributed by atoms with Crippen LogP contribution in [0, 0.1) is 5.92 Å². The van der Waals surface area contributed by atoms with Crippen molar-refractivity contribution in [2.75, 3.05) is 21.2 Å². The summed E-state index contributed by atoms with van der Waals surface area (Å²) in [6, 6.07) is 11.0. The number of methoxy groups -OCH3 is 1. The van der Waals surface area contributed by atoms with Crippen LogP contribution < -0.4 is 4.74 Å². The minimum Gasteiger partial charge on any atom is -0.497 e. The fourth-order valence-corrected chi connectivity index (χ4v) is 3.85. The minimum atomic E-state index is -5.28. The Kier molecular flexibility index (Phi) is 5.51. The van der Waals surface area contributed by atoms with Crippen LogP contribution in [-0.4, -0.2) is 59.8 Å². The van der Waals surface area contributed by atoms with Gasteiger partial charge in [-0.2, -0.15) is 13.2 Å². The number of rotatable bonds is 4. The zero-order valence-electron chi connectivity index (χ0n) is 16.6. The molecular formula is C21H21F3N2O4. The van der Waals surface area contributed by atoms with Crippen molar-refractivity contribution in [2.45, 2.75) is 17.9 Å². The number of alkyl halides is 3. The normalized spacial score (nSPS) is 24.7. The number of benzene rings is 2. The number of urea groups is 1. The number of carbonyl (C=O) groups is 2. The maximum Gasteiger partial charge on any atom is 0.437 e. The molecule has 0 aromatic heterocycles. The maximum atomic E-state index is 14.2. The molecule has 1 aliphatic rings. The molecule has 2 aromatic carbocycles. The smallest absolute Gasteiger partial charge is 0.437 e. The summed E-state index contributed by atoms with van der Waals surface area (Å²) in [6.07, 6.45) is -5.28. The monoisotopic (exact) mass is 422 g/mol. The van der Waals surface area contributed by atoms with Crippen LogP contribution in [-0.2, 0) is 0 Å². The number of ether oxygens (including phenoxy) is 1. The van der Waals surface area contributed by atoms with Crippen molar-refractivity contribution in [3.63, 3.8) is 0 Å². The minimum absolute atomic E-state index is 0.000152. The van der Waals surface area contributed by atoms with E-state index in [1.165, 1.54) is 62.7 Å². The van der Waals surface area contributed by atoms with E-state index in [9.17, 15) is 27.9 Å². The number of nitrogens with zero attached hydrogens (tertiary/aromatic N) is 2. The SMILES string of the molecule is COc1ccc(C2C(C(=O)c3ccccc3)C(O)(C(F)(F)F)N(C)C(=O)N2C)cc1. The summed E-state index contributed by atoms with van der Waals surface area (Å²) in [5.74, 6) is -2.50. The van der Waals surface area contributed by atoms with E-state index in [1.54, 1.807) is 6.07 Å². The van der Waals surface area contributed by atoms with E-state index >= 15 is 0 Å². The third kappa shape index (κ3) is 3.28. The Morgan fingerprint density at radius 3 is 2.13 bits per heavy atom. The Bertz CT molecular complexity index is 934. The molecule has 0 aliphatic carbocycles. The average molecular weight is 422 g/mol.